The summed E-state index contributed by atoms with van der Waals surface area (Å²) in [6.07, 6.45) is 1.71. The molecule has 18 heavy (non-hydrogen) atoms. The second kappa shape index (κ2) is 4.99. The van der Waals surface area contributed by atoms with Gasteiger partial charge in [0.2, 0.25) is 11.8 Å². The van der Waals surface area contributed by atoms with Crippen LogP contribution in [0.25, 0.3) is 0 Å². The zero-order valence-electron chi connectivity index (χ0n) is 9.50. The highest BCUT2D eigenvalue weighted by Gasteiger charge is 2.44. The number of hydrogen-bond acceptors (Lipinski definition) is 3. The Morgan fingerprint density at radius 1 is 1.33 bits per heavy atom. The molecule has 0 radical (unpaired) electrons. The Kier molecular flexibility index (Phi) is 3.74. The van der Waals surface area contributed by atoms with Gasteiger partial charge in [0, 0.05) is 12.3 Å². The summed E-state index contributed by atoms with van der Waals surface area (Å²) in [6, 6.07) is -0.569. The van der Waals surface area contributed by atoms with Gasteiger partial charge < -0.3 is 10.2 Å². The molecule has 0 spiro atoms. The predicted molar refractivity (Wildman–Crippen MR) is 59.7 cm³/mol. The van der Waals surface area contributed by atoms with Crippen LogP contribution in [0.5, 0.6) is 0 Å². The molecule has 2 rings (SSSR count). The number of rotatable bonds is 4. The van der Waals surface area contributed by atoms with Crippen LogP contribution in [0.4, 0.5) is 13.2 Å². The molecule has 1 aliphatic carbocycles. The highest BCUT2D eigenvalue weighted by Crippen LogP contribution is 2.37. The number of nitrogens with one attached hydrogen (secondary N) is 1. The van der Waals surface area contributed by atoms with Crippen LogP contribution in [0.2, 0.25) is 0 Å². The molecule has 1 heterocycles. The van der Waals surface area contributed by atoms with Gasteiger partial charge in [0.15, 0.2) is 0 Å². The summed E-state index contributed by atoms with van der Waals surface area (Å²) in [6.45, 7) is -0.143. The number of amides is 2. The molecule has 0 aromatic rings. The largest absolute Gasteiger partial charge is 0.441 e. The Morgan fingerprint density at radius 3 is 2.56 bits per heavy atom. The molecule has 8 heteroatoms. The van der Waals surface area contributed by atoms with E-state index in [0.717, 1.165) is 12.8 Å². The van der Waals surface area contributed by atoms with E-state index in [1.54, 1.807) is 0 Å². The van der Waals surface area contributed by atoms with Crippen molar-refractivity contribution in [3.63, 3.8) is 0 Å². The zero-order chi connectivity index (χ0) is 13.3. The Hall–Kier alpha value is -0.920. The van der Waals surface area contributed by atoms with Crippen molar-refractivity contribution in [1.82, 2.24) is 10.2 Å². The summed E-state index contributed by atoms with van der Waals surface area (Å²) in [7, 11) is 0. The molecule has 1 unspecified atom stereocenters. The Balaban J connectivity index is 1.93. The molecule has 2 aliphatic rings. The van der Waals surface area contributed by atoms with Gasteiger partial charge in [-0.1, -0.05) is 0 Å². The maximum absolute atomic E-state index is 12.0. The minimum Gasteiger partial charge on any atom is -0.345 e. The van der Waals surface area contributed by atoms with E-state index < -0.39 is 11.6 Å². The first kappa shape index (κ1) is 13.5. The van der Waals surface area contributed by atoms with Crippen molar-refractivity contribution < 1.29 is 22.8 Å². The molecule has 1 N–H and O–H groups in total. The lowest BCUT2D eigenvalue weighted by molar-refractivity contribution is -0.146. The molecule has 0 bridgehead atoms. The van der Waals surface area contributed by atoms with E-state index in [9.17, 15) is 22.8 Å². The molecule has 0 aromatic heterocycles. The normalized spacial score (nSPS) is 25.3. The number of nitrogens with zero attached hydrogens (tertiary/aromatic N) is 1. The van der Waals surface area contributed by atoms with E-state index in [-0.39, 0.29) is 48.3 Å². The molecule has 1 atom stereocenters. The van der Waals surface area contributed by atoms with Crippen molar-refractivity contribution in [2.75, 3.05) is 18.8 Å². The average molecular weight is 282 g/mol. The molecule has 1 saturated carbocycles. The van der Waals surface area contributed by atoms with E-state index in [0.29, 0.717) is 0 Å². The van der Waals surface area contributed by atoms with E-state index in [2.05, 4.69) is 5.32 Å². The van der Waals surface area contributed by atoms with Gasteiger partial charge >= 0.3 is 5.51 Å². The summed E-state index contributed by atoms with van der Waals surface area (Å²) in [4.78, 5) is 24.6. The fourth-order valence-electron chi connectivity index (χ4n) is 2.07. The zero-order valence-corrected chi connectivity index (χ0v) is 10.3. The number of alkyl halides is 3. The SMILES string of the molecule is O=C1NCC(=O)N(CCSC(F)(F)F)C1C1CC1. The standard InChI is InChI=1S/C10H13F3N2O2S/c11-10(12,13)18-4-3-15-7(16)5-14-9(17)8(15)6-1-2-6/h6,8H,1-5H2,(H,14,17). The average Bonchev–Trinajstić information content (AvgIpc) is 3.05. The van der Waals surface area contributed by atoms with Crippen molar-refractivity contribution in [3.8, 4) is 0 Å². The first-order valence-corrected chi connectivity index (χ1v) is 6.65. The molecule has 2 fully saturated rings. The van der Waals surface area contributed by atoms with Crippen molar-refractivity contribution >= 4 is 23.6 Å². The molecule has 0 aromatic carbocycles. The lowest BCUT2D eigenvalue weighted by Gasteiger charge is -2.35. The van der Waals surface area contributed by atoms with E-state index in [4.69, 9.17) is 0 Å². The fourth-order valence-corrected chi connectivity index (χ4v) is 2.59. The van der Waals surface area contributed by atoms with Gasteiger partial charge in [-0.05, 0) is 30.5 Å². The number of carbonyl (C=O) groups excluding carboxylic acids is 2. The lowest BCUT2D eigenvalue weighted by Crippen LogP contribution is -2.59. The van der Waals surface area contributed by atoms with E-state index in [1.165, 1.54) is 4.90 Å². The molecular weight excluding hydrogens is 269 g/mol. The van der Waals surface area contributed by atoms with Gasteiger partial charge in [0.25, 0.3) is 0 Å². The van der Waals surface area contributed by atoms with Crippen LogP contribution in [0.3, 0.4) is 0 Å². The quantitative estimate of drug-likeness (QED) is 0.836. The van der Waals surface area contributed by atoms with Crippen molar-refractivity contribution in [2.24, 2.45) is 5.92 Å². The summed E-state index contributed by atoms with van der Waals surface area (Å²) in [5.74, 6) is -0.653. The van der Waals surface area contributed by atoms with Crippen LogP contribution in [0.1, 0.15) is 12.8 Å². The van der Waals surface area contributed by atoms with Gasteiger partial charge in [-0.25, -0.2) is 0 Å². The third kappa shape index (κ3) is 3.30. The van der Waals surface area contributed by atoms with Gasteiger partial charge in [-0.2, -0.15) is 13.2 Å². The third-order valence-corrected chi connectivity index (χ3v) is 3.72. The van der Waals surface area contributed by atoms with Crippen LogP contribution in [-0.2, 0) is 9.59 Å². The van der Waals surface area contributed by atoms with E-state index in [1.807, 2.05) is 0 Å². The van der Waals surface area contributed by atoms with Crippen molar-refractivity contribution in [1.29, 1.82) is 0 Å². The van der Waals surface area contributed by atoms with Gasteiger partial charge in [-0.15, -0.1) is 0 Å². The Morgan fingerprint density at radius 2 is 2.00 bits per heavy atom. The minimum atomic E-state index is -4.30. The summed E-state index contributed by atoms with van der Waals surface area (Å²) < 4.78 is 36.1. The second-order valence-corrected chi connectivity index (χ2v) is 5.54. The summed E-state index contributed by atoms with van der Waals surface area (Å²) >= 11 is -0.161. The van der Waals surface area contributed by atoms with Gasteiger partial charge in [0.1, 0.15) is 6.04 Å². The predicted octanol–water partition coefficient (Wildman–Crippen LogP) is 0.976. The highest BCUT2D eigenvalue weighted by molar-refractivity contribution is 8.00. The first-order valence-electron chi connectivity index (χ1n) is 5.66. The molecular formula is C10H13F3N2O2S. The maximum atomic E-state index is 12.0. The van der Waals surface area contributed by atoms with Crippen LogP contribution in [0.15, 0.2) is 0 Å². The number of thioether (sulfide) groups is 1. The number of halogens is 3. The second-order valence-electron chi connectivity index (χ2n) is 4.38. The van der Waals surface area contributed by atoms with Crippen LogP contribution in [-0.4, -0.2) is 47.1 Å². The maximum Gasteiger partial charge on any atom is 0.441 e. The fraction of sp³-hybridized carbons (Fsp3) is 0.800. The van der Waals surface area contributed by atoms with Crippen molar-refractivity contribution in [3.05, 3.63) is 0 Å². The van der Waals surface area contributed by atoms with Crippen LogP contribution >= 0.6 is 11.8 Å². The molecule has 2 amide bonds. The number of hydrogen-bond donors (Lipinski definition) is 1. The highest BCUT2D eigenvalue weighted by atomic mass is 32.2. The summed E-state index contributed by atoms with van der Waals surface area (Å²) in [5, 5.41) is 2.48. The topological polar surface area (TPSA) is 49.4 Å². The molecule has 1 saturated heterocycles. The third-order valence-electron chi connectivity index (χ3n) is 3.01. The minimum absolute atomic E-state index is 0.0302. The van der Waals surface area contributed by atoms with Gasteiger partial charge in [-0.3, -0.25) is 9.59 Å². The monoisotopic (exact) mass is 282 g/mol. The van der Waals surface area contributed by atoms with Gasteiger partial charge in [0.05, 0.1) is 6.54 Å². The van der Waals surface area contributed by atoms with Crippen LogP contribution < -0.4 is 5.32 Å². The molecule has 4 nitrogen and oxygen atoms in total. The summed E-state index contributed by atoms with van der Waals surface area (Å²) in [5.41, 5.74) is -4.30. The first-order chi connectivity index (χ1) is 8.38. The van der Waals surface area contributed by atoms with Crippen LogP contribution in [0, 0.1) is 5.92 Å². The van der Waals surface area contributed by atoms with E-state index >= 15 is 0 Å². The van der Waals surface area contributed by atoms with Crippen molar-refractivity contribution in [2.45, 2.75) is 24.4 Å². The Labute approximate surface area is 106 Å². The molecule has 1 aliphatic heterocycles. The smallest absolute Gasteiger partial charge is 0.345 e. The Bertz CT molecular complexity index is 358. The number of piperazine rings is 1. The molecule has 102 valence electrons. The number of carbonyl (C=O) groups is 2. The lowest BCUT2D eigenvalue weighted by atomic mass is 10.1.